The Bertz CT molecular complexity index is 304. The van der Waals surface area contributed by atoms with Crippen LogP contribution in [0.1, 0.15) is 39.5 Å². The second-order valence-corrected chi connectivity index (χ2v) is 5.64. The maximum Gasteiger partial charge on any atom is 0.174 e. The SMILES string of the molecule is C[C@]12C=CCC[C@]1(C)C1(CC2)OCCO1. The van der Waals surface area contributed by atoms with E-state index >= 15 is 0 Å². The molecular formula is C13H20O2. The summed E-state index contributed by atoms with van der Waals surface area (Å²) >= 11 is 0. The molecule has 1 heterocycles. The van der Waals surface area contributed by atoms with Crippen LogP contribution in [0.3, 0.4) is 0 Å². The van der Waals surface area contributed by atoms with E-state index in [9.17, 15) is 0 Å². The Kier molecular flexibility index (Phi) is 1.88. The van der Waals surface area contributed by atoms with Crippen LogP contribution in [0.4, 0.5) is 0 Å². The molecule has 3 aliphatic rings. The Morgan fingerprint density at radius 1 is 1.00 bits per heavy atom. The normalized spacial score (nSPS) is 47.3. The number of rotatable bonds is 0. The molecule has 2 heteroatoms. The van der Waals surface area contributed by atoms with E-state index in [-0.39, 0.29) is 16.6 Å². The predicted octanol–water partition coefficient (Wildman–Crippen LogP) is 2.89. The molecule has 1 saturated heterocycles. The molecule has 0 unspecified atom stereocenters. The van der Waals surface area contributed by atoms with Gasteiger partial charge in [-0.05, 0) is 24.7 Å². The summed E-state index contributed by atoms with van der Waals surface area (Å²) in [6.07, 6.45) is 9.34. The van der Waals surface area contributed by atoms with Gasteiger partial charge in [0.15, 0.2) is 5.79 Å². The number of ether oxygens (including phenoxy) is 2. The van der Waals surface area contributed by atoms with Crippen LogP contribution in [0, 0.1) is 10.8 Å². The van der Waals surface area contributed by atoms with E-state index in [0.29, 0.717) is 0 Å². The van der Waals surface area contributed by atoms with Crippen molar-refractivity contribution in [2.24, 2.45) is 10.8 Å². The van der Waals surface area contributed by atoms with Gasteiger partial charge in [-0.15, -0.1) is 0 Å². The lowest BCUT2D eigenvalue weighted by Gasteiger charge is -2.48. The third-order valence-electron chi connectivity index (χ3n) is 5.13. The molecule has 1 aliphatic heterocycles. The Morgan fingerprint density at radius 3 is 2.47 bits per heavy atom. The highest BCUT2D eigenvalue weighted by atomic mass is 16.7. The number of hydrogen-bond donors (Lipinski definition) is 0. The molecule has 1 saturated carbocycles. The minimum absolute atomic E-state index is 0.172. The van der Waals surface area contributed by atoms with E-state index in [4.69, 9.17) is 9.47 Å². The van der Waals surface area contributed by atoms with Crippen molar-refractivity contribution in [3.05, 3.63) is 12.2 Å². The Balaban J connectivity index is 2.05. The Labute approximate surface area is 91.6 Å². The minimum Gasteiger partial charge on any atom is -0.347 e. The van der Waals surface area contributed by atoms with E-state index in [1.54, 1.807) is 0 Å². The molecule has 0 aromatic heterocycles. The van der Waals surface area contributed by atoms with Crippen LogP contribution >= 0.6 is 0 Å². The molecule has 15 heavy (non-hydrogen) atoms. The van der Waals surface area contributed by atoms with E-state index < -0.39 is 0 Å². The van der Waals surface area contributed by atoms with Crippen molar-refractivity contribution in [1.29, 1.82) is 0 Å². The van der Waals surface area contributed by atoms with Crippen LogP contribution in [0.5, 0.6) is 0 Å². The molecule has 84 valence electrons. The lowest BCUT2D eigenvalue weighted by Crippen LogP contribution is -2.50. The summed E-state index contributed by atoms with van der Waals surface area (Å²) in [4.78, 5) is 0. The number of fused-ring (bicyclic) bond motifs is 2. The molecule has 3 rings (SSSR count). The zero-order valence-corrected chi connectivity index (χ0v) is 9.71. The largest absolute Gasteiger partial charge is 0.347 e. The van der Waals surface area contributed by atoms with Gasteiger partial charge < -0.3 is 9.47 Å². The fraction of sp³-hybridized carbons (Fsp3) is 0.846. The molecule has 1 spiro atoms. The Hall–Kier alpha value is -0.340. The maximum atomic E-state index is 5.98. The molecule has 2 fully saturated rings. The summed E-state index contributed by atoms with van der Waals surface area (Å²) in [7, 11) is 0. The first-order valence-corrected chi connectivity index (χ1v) is 6.08. The van der Waals surface area contributed by atoms with Crippen molar-refractivity contribution in [2.75, 3.05) is 13.2 Å². The van der Waals surface area contributed by atoms with Gasteiger partial charge >= 0.3 is 0 Å². The topological polar surface area (TPSA) is 18.5 Å². The molecule has 0 aromatic carbocycles. The van der Waals surface area contributed by atoms with Crippen molar-refractivity contribution >= 4 is 0 Å². The molecule has 2 aliphatic carbocycles. The monoisotopic (exact) mass is 208 g/mol. The summed E-state index contributed by atoms with van der Waals surface area (Å²) < 4.78 is 12.0. The van der Waals surface area contributed by atoms with Crippen molar-refractivity contribution in [3.8, 4) is 0 Å². The molecule has 0 N–H and O–H groups in total. The van der Waals surface area contributed by atoms with Gasteiger partial charge in [0.2, 0.25) is 0 Å². The highest BCUT2D eigenvalue weighted by molar-refractivity contribution is 5.20. The van der Waals surface area contributed by atoms with Gasteiger partial charge in [0.25, 0.3) is 0 Å². The maximum absolute atomic E-state index is 5.98. The van der Waals surface area contributed by atoms with Crippen LogP contribution < -0.4 is 0 Å². The van der Waals surface area contributed by atoms with Gasteiger partial charge in [-0.2, -0.15) is 0 Å². The molecule has 0 radical (unpaired) electrons. The molecule has 0 aromatic rings. The zero-order valence-electron chi connectivity index (χ0n) is 9.71. The molecule has 2 nitrogen and oxygen atoms in total. The zero-order chi connectivity index (χ0) is 10.6. The first-order valence-electron chi connectivity index (χ1n) is 6.08. The lowest BCUT2D eigenvalue weighted by atomic mass is 9.61. The fourth-order valence-corrected chi connectivity index (χ4v) is 3.79. The average Bonchev–Trinajstić information content (AvgIpc) is 2.77. The standard InChI is InChI=1S/C13H20O2/c1-11-5-3-4-6-12(11,2)13(8-7-11)14-9-10-15-13/h3,5H,4,6-10H2,1-2H3/t11-,12+/m1/s1. The van der Waals surface area contributed by atoms with Gasteiger partial charge in [0.1, 0.15) is 0 Å². The third kappa shape index (κ3) is 1.02. The van der Waals surface area contributed by atoms with Crippen LogP contribution in [0.2, 0.25) is 0 Å². The van der Waals surface area contributed by atoms with Crippen molar-refractivity contribution in [2.45, 2.75) is 45.3 Å². The van der Waals surface area contributed by atoms with E-state index in [1.165, 1.54) is 19.3 Å². The van der Waals surface area contributed by atoms with Crippen LogP contribution in [0.25, 0.3) is 0 Å². The summed E-state index contributed by atoms with van der Waals surface area (Å²) in [5.41, 5.74) is 0.445. The summed E-state index contributed by atoms with van der Waals surface area (Å²) in [6.45, 7) is 6.27. The first kappa shape index (κ1) is 9.86. The van der Waals surface area contributed by atoms with Gasteiger partial charge in [0.05, 0.1) is 13.2 Å². The van der Waals surface area contributed by atoms with Crippen molar-refractivity contribution in [3.63, 3.8) is 0 Å². The summed E-state index contributed by atoms with van der Waals surface area (Å²) in [5.74, 6) is -0.271. The van der Waals surface area contributed by atoms with Crippen LogP contribution in [0.15, 0.2) is 12.2 Å². The predicted molar refractivity (Wildman–Crippen MR) is 58.5 cm³/mol. The van der Waals surface area contributed by atoms with Gasteiger partial charge in [-0.1, -0.05) is 26.0 Å². The van der Waals surface area contributed by atoms with Crippen molar-refractivity contribution < 1.29 is 9.47 Å². The molecule has 2 atom stereocenters. The van der Waals surface area contributed by atoms with Crippen molar-refractivity contribution in [1.82, 2.24) is 0 Å². The van der Waals surface area contributed by atoms with Gasteiger partial charge in [0, 0.05) is 11.8 Å². The number of hydrogen-bond acceptors (Lipinski definition) is 2. The van der Waals surface area contributed by atoms with Crippen LogP contribution in [-0.4, -0.2) is 19.0 Å². The second kappa shape index (κ2) is 2.86. The van der Waals surface area contributed by atoms with E-state index in [0.717, 1.165) is 19.6 Å². The summed E-state index contributed by atoms with van der Waals surface area (Å²) in [6, 6.07) is 0. The third-order valence-corrected chi connectivity index (χ3v) is 5.13. The van der Waals surface area contributed by atoms with E-state index in [2.05, 4.69) is 26.0 Å². The quantitative estimate of drug-likeness (QED) is 0.570. The second-order valence-electron chi connectivity index (χ2n) is 5.64. The Morgan fingerprint density at radius 2 is 1.73 bits per heavy atom. The van der Waals surface area contributed by atoms with Crippen LogP contribution in [-0.2, 0) is 9.47 Å². The lowest BCUT2D eigenvalue weighted by molar-refractivity contribution is -0.233. The average molecular weight is 208 g/mol. The molecular weight excluding hydrogens is 188 g/mol. The fourth-order valence-electron chi connectivity index (χ4n) is 3.79. The molecule has 0 amide bonds. The highest BCUT2D eigenvalue weighted by Crippen LogP contribution is 2.65. The van der Waals surface area contributed by atoms with E-state index in [1.807, 2.05) is 0 Å². The van der Waals surface area contributed by atoms with Gasteiger partial charge in [-0.25, -0.2) is 0 Å². The molecule has 0 bridgehead atoms. The number of allylic oxidation sites excluding steroid dienone is 2. The highest BCUT2D eigenvalue weighted by Gasteiger charge is 2.65. The van der Waals surface area contributed by atoms with Gasteiger partial charge in [-0.3, -0.25) is 0 Å². The smallest absolute Gasteiger partial charge is 0.174 e. The minimum atomic E-state index is -0.271. The summed E-state index contributed by atoms with van der Waals surface area (Å²) in [5, 5.41) is 0. The first-order chi connectivity index (χ1) is 7.12.